The molecule has 156 valence electrons. The molecular formula is C21H24N6OS2. The quantitative estimate of drug-likeness (QED) is 0.553. The van der Waals surface area contributed by atoms with Crippen LogP contribution in [0.25, 0.3) is 0 Å². The SMILES string of the molecule is Cc1cccc(Nc2nn(CN3CCC(C(=O)Nc4ccccn4)CC3)c(=S)s2)c1. The van der Waals surface area contributed by atoms with Crippen molar-refractivity contribution in [2.45, 2.75) is 26.4 Å². The molecule has 1 saturated heterocycles. The summed E-state index contributed by atoms with van der Waals surface area (Å²) in [5.74, 6) is 0.654. The van der Waals surface area contributed by atoms with Crippen LogP contribution in [0.3, 0.4) is 0 Å². The molecule has 1 aliphatic rings. The maximum absolute atomic E-state index is 12.5. The van der Waals surface area contributed by atoms with Crippen LogP contribution in [0.4, 0.5) is 16.6 Å². The van der Waals surface area contributed by atoms with Gasteiger partial charge in [-0.05, 0) is 61.8 Å². The number of benzene rings is 1. The molecule has 0 radical (unpaired) electrons. The number of aryl methyl sites for hydroxylation is 1. The van der Waals surface area contributed by atoms with Gasteiger partial charge in [0.25, 0.3) is 0 Å². The molecule has 0 atom stereocenters. The van der Waals surface area contributed by atoms with Crippen LogP contribution in [-0.4, -0.2) is 38.7 Å². The van der Waals surface area contributed by atoms with Crippen molar-refractivity contribution in [3.63, 3.8) is 0 Å². The first-order chi connectivity index (χ1) is 14.6. The van der Waals surface area contributed by atoms with Crippen molar-refractivity contribution in [1.29, 1.82) is 0 Å². The normalized spacial score (nSPS) is 15.1. The molecule has 1 aliphatic heterocycles. The molecule has 0 spiro atoms. The molecule has 0 bridgehead atoms. The van der Waals surface area contributed by atoms with Gasteiger partial charge in [-0.25, -0.2) is 9.67 Å². The smallest absolute Gasteiger partial charge is 0.228 e. The van der Waals surface area contributed by atoms with E-state index in [-0.39, 0.29) is 11.8 Å². The fourth-order valence-electron chi connectivity index (χ4n) is 3.48. The number of piperidine rings is 1. The zero-order valence-electron chi connectivity index (χ0n) is 16.7. The molecule has 3 heterocycles. The molecule has 0 unspecified atom stereocenters. The average molecular weight is 441 g/mol. The molecule has 0 aliphatic carbocycles. The number of nitrogens with one attached hydrogen (secondary N) is 2. The number of hydrogen-bond acceptors (Lipinski definition) is 7. The average Bonchev–Trinajstić information content (AvgIpc) is 3.08. The minimum atomic E-state index is 0.00482. The number of hydrogen-bond donors (Lipinski definition) is 2. The summed E-state index contributed by atoms with van der Waals surface area (Å²) < 4.78 is 2.59. The van der Waals surface area contributed by atoms with Crippen LogP contribution < -0.4 is 10.6 Å². The number of carbonyl (C=O) groups excluding carboxylic acids is 1. The fourth-order valence-corrected chi connectivity index (χ4v) is 4.50. The van der Waals surface area contributed by atoms with E-state index in [1.54, 1.807) is 12.3 Å². The van der Waals surface area contributed by atoms with Gasteiger partial charge >= 0.3 is 0 Å². The Labute approximate surface area is 184 Å². The molecule has 4 rings (SSSR count). The second-order valence-corrected chi connectivity index (χ2v) is 9.03. The fraction of sp³-hybridized carbons (Fsp3) is 0.333. The molecule has 2 aromatic heterocycles. The number of nitrogens with zero attached hydrogens (tertiary/aromatic N) is 4. The zero-order chi connectivity index (χ0) is 20.9. The lowest BCUT2D eigenvalue weighted by Crippen LogP contribution is -2.39. The Morgan fingerprint density at radius 2 is 2.07 bits per heavy atom. The molecule has 1 fully saturated rings. The summed E-state index contributed by atoms with van der Waals surface area (Å²) in [6.07, 6.45) is 3.30. The summed E-state index contributed by atoms with van der Waals surface area (Å²) in [4.78, 5) is 18.9. The van der Waals surface area contributed by atoms with Crippen LogP contribution in [0.1, 0.15) is 18.4 Å². The van der Waals surface area contributed by atoms with Gasteiger partial charge in [0.05, 0.1) is 6.67 Å². The zero-order valence-corrected chi connectivity index (χ0v) is 18.4. The molecule has 3 aromatic rings. The topological polar surface area (TPSA) is 75.1 Å². The first-order valence-corrected chi connectivity index (χ1v) is 11.2. The number of rotatable bonds is 6. The summed E-state index contributed by atoms with van der Waals surface area (Å²) in [5, 5.41) is 11.7. The van der Waals surface area contributed by atoms with Crippen molar-refractivity contribution in [1.82, 2.24) is 19.7 Å². The van der Waals surface area contributed by atoms with Crippen LogP contribution in [0, 0.1) is 16.8 Å². The van der Waals surface area contributed by atoms with Crippen molar-refractivity contribution in [3.05, 3.63) is 58.2 Å². The Morgan fingerprint density at radius 1 is 1.23 bits per heavy atom. The van der Waals surface area contributed by atoms with E-state index < -0.39 is 0 Å². The monoisotopic (exact) mass is 440 g/mol. The van der Waals surface area contributed by atoms with Crippen molar-refractivity contribution < 1.29 is 4.79 Å². The first-order valence-electron chi connectivity index (χ1n) is 9.93. The maximum Gasteiger partial charge on any atom is 0.228 e. The largest absolute Gasteiger partial charge is 0.330 e. The second kappa shape index (κ2) is 9.46. The summed E-state index contributed by atoms with van der Waals surface area (Å²) >= 11 is 6.97. The minimum absolute atomic E-state index is 0.00482. The summed E-state index contributed by atoms with van der Waals surface area (Å²) in [7, 11) is 0. The van der Waals surface area contributed by atoms with E-state index in [9.17, 15) is 4.79 Å². The third-order valence-electron chi connectivity index (χ3n) is 5.08. The van der Waals surface area contributed by atoms with E-state index in [1.165, 1.54) is 16.9 Å². The number of amides is 1. The van der Waals surface area contributed by atoms with E-state index in [4.69, 9.17) is 12.2 Å². The van der Waals surface area contributed by atoms with Gasteiger partial charge in [0.2, 0.25) is 11.0 Å². The predicted molar refractivity (Wildman–Crippen MR) is 123 cm³/mol. The van der Waals surface area contributed by atoms with Gasteiger partial charge < -0.3 is 10.6 Å². The number of carbonyl (C=O) groups is 1. The molecular weight excluding hydrogens is 416 g/mol. The second-order valence-electron chi connectivity index (χ2n) is 7.41. The number of aromatic nitrogens is 3. The van der Waals surface area contributed by atoms with E-state index >= 15 is 0 Å². The summed E-state index contributed by atoms with van der Waals surface area (Å²) in [6.45, 7) is 4.37. The predicted octanol–water partition coefficient (Wildman–Crippen LogP) is 4.43. The minimum Gasteiger partial charge on any atom is -0.330 e. The van der Waals surface area contributed by atoms with Gasteiger partial charge in [-0.15, -0.1) is 5.10 Å². The highest BCUT2D eigenvalue weighted by Gasteiger charge is 2.25. The van der Waals surface area contributed by atoms with Gasteiger partial charge in [-0.3, -0.25) is 9.69 Å². The Balaban J connectivity index is 1.30. The van der Waals surface area contributed by atoms with Gasteiger partial charge in [-0.1, -0.05) is 29.5 Å². The van der Waals surface area contributed by atoms with Gasteiger partial charge in [-0.2, -0.15) is 0 Å². The molecule has 7 nitrogen and oxygen atoms in total. The van der Waals surface area contributed by atoms with E-state index in [1.807, 2.05) is 28.9 Å². The van der Waals surface area contributed by atoms with Crippen LogP contribution in [-0.2, 0) is 11.5 Å². The molecule has 2 N–H and O–H groups in total. The standard InChI is InChI=1S/C21H24N6OS2/c1-15-5-4-6-17(13-15)23-20-25-27(21(29)30-20)14-26-11-8-16(9-12-26)19(28)24-18-7-2-3-10-22-18/h2-7,10,13,16H,8-9,11-12,14H2,1H3,(H,23,25)(H,22,24,28). The third kappa shape index (κ3) is 5.29. The lowest BCUT2D eigenvalue weighted by Gasteiger charge is -2.30. The van der Waals surface area contributed by atoms with Gasteiger partial charge in [0.1, 0.15) is 5.82 Å². The van der Waals surface area contributed by atoms with Crippen LogP contribution in [0.5, 0.6) is 0 Å². The Kier molecular flexibility index (Phi) is 6.51. The molecule has 30 heavy (non-hydrogen) atoms. The Morgan fingerprint density at radius 3 is 2.80 bits per heavy atom. The van der Waals surface area contributed by atoms with Crippen molar-refractivity contribution in [2.24, 2.45) is 5.92 Å². The van der Waals surface area contributed by atoms with Gasteiger partial charge in [0.15, 0.2) is 3.95 Å². The van der Waals surface area contributed by atoms with E-state index in [0.717, 1.165) is 40.7 Å². The number of likely N-dealkylation sites (tertiary alicyclic amines) is 1. The Bertz CT molecular complexity index is 1060. The molecule has 9 heteroatoms. The summed E-state index contributed by atoms with van der Waals surface area (Å²) in [5.41, 5.74) is 2.20. The summed E-state index contributed by atoms with van der Waals surface area (Å²) in [6, 6.07) is 13.7. The maximum atomic E-state index is 12.5. The number of anilines is 3. The lowest BCUT2D eigenvalue weighted by molar-refractivity contribution is -0.121. The van der Waals surface area contributed by atoms with E-state index in [0.29, 0.717) is 12.5 Å². The highest BCUT2D eigenvalue weighted by molar-refractivity contribution is 7.73. The highest BCUT2D eigenvalue weighted by Crippen LogP contribution is 2.23. The molecule has 1 aromatic carbocycles. The highest BCUT2D eigenvalue weighted by atomic mass is 32.1. The first kappa shape index (κ1) is 20.6. The number of pyridine rings is 1. The van der Waals surface area contributed by atoms with Crippen molar-refractivity contribution in [2.75, 3.05) is 23.7 Å². The van der Waals surface area contributed by atoms with Crippen molar-refractivity contribution >= 4 is 46.1 Å². The van der Waals surface area contributed by atoms with Crippen LogP contribution in [0.15, 0.2) is 48.7 Å². The lowest BCUT2D eigenvalue weighted by atomic mass is 9.96. The molecule has 1 amide bonds. The third-order valence-corrected chi connectivity index (χ3v) is 6.31. The van der Waals surface area contributed by atoms with Crippen molar-refractivity contribution in [3.8, 4) is 0 Å². The molecule has 0 saturated carbocycles. The Hall–Kier alpha value is -2.62. The van der Waals surface area contributed by atoms with E-state index in [2.05, 4.69) is 44.7 Å². The van der Waals surface area contributed by atoms with Crippen LogP contribution in [0.2, 0.25) is 0 Å². The van der Waals surface area contributed by atoms with Gasteiger partial charge in [0, 0.05) is 30.9 Å². The van der Waals surface area contributed by atoms with Crippen LogP contribution >= 0.6 is 23.6 Å².